The molecule has 2 N–H and O–H groups in total. The first-order chi connectivity index (χ1) is 16.0. The summed E-state index contributed by atoms with van der Waals surface area (Å²) in [7, 11) is 0. The second-order valence-corrected chi connectivity index (χ2v) is 7.61. The van der Waals surface area contributed by atoms with Gasteiger partial charge in [0, 0.05) is 23.7 Å². The maximum Gasteiger partial charge on any atom is 0.416 e. The van der Waals surface area contributed by atoms with Crippen molar-refractivity contribution < 1.29 is 37.0 Å². The van der Waals surface area contributed by atoms with E-state index in [0.717, 1.165) is 41.3 Å². The smallest absolute Gasteiger partial charge is 0.395 e. The van der Waals surface area contributed by atoms with Crippen LogP contribution in [0.5, 0.6) is 0 Å². The van der Waals surface area contributed by atoms with Crippen molar-refractivity contribution in [2.45, 2.75) is 31.3 Å². The summed E-state index contributed by atoms with van der Waals surface area (Å²) in [5.74, 6) is -2.78. The lowest BCUT2D eigenvalue weighted by Crippen LogP contribution is -2.54. The molecule has 0 aliphatic heterocycles. The Hall–Kier alpha value is -3.38. The van der Waals surface area contributed by atoms with E-state index in [4.69, 9.17) is 0 Å². The van der Waals surface area contributed by atoms with Gasteiger partial charge in [-0.3, -0.25) is 4.79 Å². The van der Waals surface area contributed by atoms with Crippen LogP contribution in [0.4, 0.5) is 22.0 Å². The molecule has 0 saturated carbocycles. The van der Waals surface area contributed by atoms with Crippen molar-refractivity contribution in [2.75, 3.05) is 13.2 Å². The fourth-order valence-corrected chi connectivity index (χ4v) is 3.65. The number of carbonyl (C=O) groups is 1. The van der Waals surface area contributed by atoms with E-state index in [2.05, 4.69) is 10.1 Å². The Labute approximate surface area is 191 Å². The minimum absolute atomic E-state index is 0.143. The molecule has 0 aliphatic rings. The van der Waals surface area contributed by atoms with E-state index in [1.807, 2.05) is 0 Å². The summed E-state index contributed by atoms with van der Waals surface area (Å²) in [4.78, 5) is 18.0. The number of nitrogens with zero attached hydrogens (tertiary/aromatic N) is 4. The molecule has 1 amide bonds. The molecule has 34 heavy (non-hydrogen) atoms. The SMILES string of the molecule is CC(N(CCO)C(=O)c1ccc(C(F)(F)F)cc1)C(O)(Cn1cncn1)c1ccc(F)cc1F. The van der Waals surface area contributed by atoms with Crippen molar-refractivity contribution in [3.8, 4) is 0 Å². The topological polar surface area (TPSA) is 91.5 Å². The molecular formula is C22H21F5N4O3. The first-order valence-electron chi connectivity index (χ1n) is 10.1. The molecule has 7 nitrogen and oxygen atoms in total. The van der Waals surface area contributed by atoms with E-state index < -0.39 is 54.1 Å². The monoisotopic (exact) mass is 484 g/mol. The Bertz CT molecular complexity index is 1120. The Morgan fingerprint density at radius 2 is 1.82 bits per heavy atom. The molecule has 182 valence electrons. The molecular weight excluding hydrogens is 463 g/mol. The Balaban J connectivity index is 2.03. The molecule has 2 unspecified atom stereocenters. The summed E-state index contributed by atoms with van der Waals surface area (Å²) in [6.07, 6.45) is -2.18. The maximum absolute atomic E-state index is 14.8. The molecule has 2 aromatic carbocycles. The normalized spacial score (nSPS) is 14.5. The molecule has 1 heterocycles. The highest BCUT2D eigenvalue weighted by Gasteiger charge is 2.43. The van der Waals surface area contributed by atoms with Crippen molar-refractivity contribution in [3.05, 3.63) is 83.4 Å². The number of hydrogen-bond donors (Lipinski definition) is 2. The van der Waals surface area contributed by atoms with Gasteiger partial charge in [0.2, 0.25) is 0 Å². The molecule has 0 saturated heterocycles. The van der Waals surface area contributed by atoms with Crippen LogP contribution in [0.15, 0.2) is 55.1 Å². The third-order valence-corrected chi connectivity index (χ3v) is 5.49. The molecule has 0 bridgehead atoms. The van der Waals surface area contributed by atoms with E-state index in [9.17, 15) is 37.0 Å². The van der Waals surface area contributed by atoms with Crippen LogP contribution in [0, 0.1) is 11.6 Å². The van der Waals surface area contributed by atoms with Crippen molar-refractivity contribution in [3.63, 3.8) is 0 Å². The van der Waals surface area contributed by atoms with Crippen LogP contribution in [0.25, 0.3) is 0 Å². The molecule has 0 fully saturated rings. The number of alkyl halides is 3. The number of halogens is 5. The maximum atomic E-state index is 14.8. The number of amides is 1. The fraction of sp³-hybridized carbons (Fsp3) is 0.318. The summed E-state index contributed by atoms with van der Waals surface area (Å²) < 4.78 is 68.1. The summed E-state index contributed by atoms with van der Waals surface area (Å²) in [6, 6.07) is 4.69. The first kappa shape index (κ1) is 25.2. The van der Waals surface area contributed by atoms with Gasteiger partial charge in [-0.05, 0) is 37.3 Å². The molecule has 3 rings (SSSR count). The standard InChI is InChI=1S/C22H21F5N4O3/c1-14(31(8-9-32)20(33)15-2-4-16(5-3-15)22(25,26)27)21(34,11-30-13-28-12-29-30)18-7-6-17(23)10-19(18)24/h2-7,10,12-14,32,34H,8-9,11H2,1H3. The Kier molecular flexibility index (Phi) is 7.32. The Morgan fingerprint density at radius 3 is 2.35 bits per heavy atom. The van der Waals surface area contributed by atoms with Gasteiger partial charge in [0.05, 0.1) is 24.8 Å². The van der Waals surface area contributed by atoms with Gasteiger partial charge < -0.3 is 15.1 Å². The number of aliphatic hydroxyl groups excluding tert-OH is 1. The number of hydrogen-bond acceptors (Lipinski definition) is 5. The van der Waals surface area contributed by atoms with Crippen molar-refractivity contribution >= 4 is 5.91 Å². The third-order valence-electron chi connectivity index (χ3n) is 5.49. The molecule has 0 aliphatic carbocycles. The lowest BCUT2D eigenvalue weighted by molar-refractivity contribution is -0.137. The number of aliphatic hydroxyl groups is 2. The second kappa shape index (κ2) is 9.85. The number of aromatic nitrogens is 3. The zero-order valence-corrected chi connectivity index (χ0v) is 17.9. The fourth-order valence-electron chi connectivity index (χ4n) is 3.65. The van der Waals surface area contributed by atoms with E-state index in [-0.39, 0.29) is 17.7 Å². The number of rotatable bonds is 8. The largest absolute Gasteiger partial charge is 0.416 e. The van der Waals surface area contributed by atoms with Gasteiger partial charge in [-0.2, -0.15) is 18.3 Å². The highest BCUT2D eigenvalue weighted by Crippen LogP contribution is 2.34. The summed E-state index contributed by atoms with van der Waals surface area (Å²) in [5, 5.41) is 25.1. The number of carbonyl (C=O) groups excluding carboxylic acids is 1. The molecule has 2 atom stereocenters. The van der Waals surface area contributed by atoms with E-state index >= 15 is 0 Å². The van der Waals surface area contributed by atoms with Crippen LogP contribution in [0.2, 0.25) is 0 Å². The van der Waals surface area contributed by atoms with Gasteiger partial charge in [0.25, 0.3) is 5.91 Å². The van der Waals surface area contributed by atoms with Gasteiger partial charge in [-0.1, -0.05) is 6.07 Å². The highest BCUT2D eigenvalue weighted by atomic mass is 19.4. The second-order valence-electron chi connectivity index (χ2n) is 7.61. The molecule has 1 aromatic heterocycles. The van der Waals surface area contributed by atoms with Gasteiger partial charge in [-0.15, -0.1) is 0 Å². The average Bonchev–Trinajstić information content (AvgIpc) is 3.28. The predicted molar refractivity (Wildman–Crippen MR) is 109 cm³/mol. The van der Waals surface area contributed by atoms with Gasteiger partial charge in [0.15, 0.2) is 0 Å². The zero-order valence-electron chi connectivity index (χ0n) is 17.9. The highest BCUT2D eigenvalue weighted by molar-refractivity contribution is 5.94. The third kappa shape index (κ3) is 5.23. The van der Waals surface area contributed by atoms with Gasteiger partial charge in [-0.25, -0.2) is 18.4 Å². The van der Waals surface area contributed by atoms with E-state index in [0.29, 0.717) is 6.07 Å². The van der Waals surface area contributed by atoms with Crippen molar-refractivity contribution in [1.29, 1.82) is 0 Å². The summed E-state index contributed by atoms with van der Waals surface area (Å²) in [6.45, 7) is 0.0852. The quantitative estimate of drug-likeness (QED) is 0.480. The van der Waals surface area contributed by atoms with Crippen LogP contribution in [-0.4, -0.2) is 55.0 Å². The molecule has 0 radical (unpaired) electrons. The molecule has 12 heteroatoms. The number of benzene rings is 2. The predicted octanol–water partition coefficient (Wildman–Crippen LogP) is 2.99. The average molecular weight is 484 g/mol. The lowest BCUT2D eigenvalue weighted by atomic mass is 9.85. The lowest BCUT2D eigenvalue weighted by Gasteiger charge is -2.41. The first-order valence-corrected chi connectivity index (χ1v) is 10.1. The van der Waals surface area contributed by atoms with E-state index in [1.165, 1.54) is 24.3 Å². The minimum Gasteiger partial charge on any atom is -0.395 e. The Morgan fingerprint density at radius 1 is 1.15 bits per heavy atom. The summed E-state index contributed by atoms with van der Waals surface area (Å²) in [5.41, 5.74) is -3.64. The summed E-state index contributed by atoms with van der Waals surface area (Å²) >= 11 is 0. The van der Waals surface area contributed by atoms with Crippen molar-refractivity contribution in [1.82, 2.24) is 19.7 Å². The molecule has 3 aromatic rings. The van der Waals surface area contributed by atoms with Crippen LogP contribution >= 0.6 is 0 Å². The van der Waals surface area contributed by atoms with Gasteiger partial charge >= 0.3 is 6.18 Å². The molecule has 0 spiro atoms. The van der Waals surface area contributed by atoms with Crippen LogP contribution in [0.1, 0.15) is 28.4 Å². The van der Waals surface area contributed by atoms with E-state index in [1.54, 1.807) is 0 Å². The van der Waals surface area contributed by atoms with Crippen LogP contribution < -0.4 is 0 Å². The van der Waals surface area contributed by atoms with Crippen LogP contribution in [0.3, 0.4) is 0 Å². The van der Waals surface area contributed by atoms with Gasteiger partial charge in [0.1, 0.15) is 29.9 Å². The minimum atomic E-state index is -4.60. The van der Waals surface area contributed by atoms with Crippen LogP contribution in [-0.2, 0) is 18.3 Å². The zero-order chi connectivity index (χ0) is 25.1. The van der Waals surface area contributed by atoms with Crippen molar-refractivity contribution in [2.24, 2.45) is 0 Å².